The zero-order valence-corrected chi connectivity index (χ0v) is 12.1. The lowest BCUT2D eigenvalue weighted by Gasteiger charge is -2.26. The van der Waals surface area contributed by atoms with Crippen LogP contribution in [0.2, 0.25) is 0 Å². The summed E-state index contributed by atoms with van der Waals surface area (Å²) in [5, 5.41) is 13.4. The van der Waals surface area contributed by atoms with Gasteiger partial charge in [0, 0.05) is 19.6 Å². The van der Waals surface area contributed by atoms with Crippen molar-refractivity contribution in [2.75, 3.05) is 13.2 Å². The highest BCUT2D eigenvalue weighted by Gasteiger charge is 2.38. The maximum atomic E-state index is 12.1. The minimum absolute atomic E-state index is 0.159. The summed E-state index contributed by atoms with van der Waals surface area (Å²) in [6, 6.07) is 3.45. The second-order valence-corrected chi connectivity index (χ2v) is 5.89. The van der Waals surface area contributed by atoms with Gasteiger partial charge >= 0.3 is 0 Å². The van der Waals surface area contributed by atoms with Crippen LogP contribution in [0.5, 0.6) is 0 Å². The Balaban J connectivity index is 1.74. The van der Waals surface area contributed by atoms with Crippen molar-refractivity contribution in [3.8, 4) is 0 Å². The maximum absolute atomic E-state index is 12.1. The van der Waals surface area contributed by atoms with Crippen LogP contribution in [0.1, 0.15) is 24.9 Å². The fourth-order valence-corrected chi connectivity index (χ4v) is 2.59. The molecule has 2 N–H and O–H groups in total. The molecule has 2 atom stereocenters. The summed E-state index contributed by atoms with van der Waals surface area (Å²) >= 11 is 0.538. The monoisotopic (exact) mass is 307 g/mol. The molecule has 1 aliphatic heterocycles. The van der Waals surface area contributed by atoms with Crippen molar-refractivity contribution in [3.63, 3.8) is 0 Å². The second-order valence-electron chi connectivity index (χ2n) is 4.91. The number of nitrogens with one attached hydrogen (secondary N) is 1. The van der Waals surface area contributed by atoms with Crippen molar-refractivity contribution in [2.24, 2.45) is 0 Å². The van der Waals surface area contributed by atoms with Crippen LogP contribution in [0.4, 0.5) is 8.78 Å². The number of rotatable bonds is 7. The van der Waals surface area contributed by atoms with Gasteiger partial charge in [-0.3, -0.25) is 0 Å². The van der Waals surface area contributed by atoms with Crippen LogP contribution in [0.15, 0.2) is 16.5 Å². The molecule has 0 saturated carbocycles. The molecule has 0 amide bonds. The molecular weight excluding hydrogens is 288 g/mol. The summed E-state index contributed by atoms with van der Waals surface area (Å²) in [5.74, 6) is -1.03. The third kappa shape index (κ3) is 4.18. The Bertz CT molecular complexity index is 430. The number of aliphatic hydroxyl groups is 1. The molecule has 1 aromatic rings. The maximum Gasteiger partial charge on any atom is 0.284 e. The third-order valence-corrected chi connectivity index (χ3v) is 4.16. The van der Waals surface area contributed by atoms with Crippen molar-refractivity contribution in [2.45, 2.75) is 43.1 Å². The Morgan fingerprint density at radius 2 is 2.25 bits per heavy atom. The second kappa shape index (κ2) is 6.89. The van der Waals surface area contributed by atoms with E-state index in [1.165, 1.54) is 0 Å². The van der Waals surface area contributed by atoms with Gasteiger partial charge in [0.1, 0.15) is 17.1 Å². The van der Waals surface area contributed by atoms with E-state index < -0.39 is 11.4 Å². The lowest BCUT2D eigenvalue weighted by molar-refractivity contribution is -0.0264. The molecule has 2 unspecified atom stereocenters. The van der Waals surface area contributed by atoms with E-state index in [0.29, 0.717) is 49.4 Å². The molecule has 2 heterocycles. The quantitative estimate of drug-likeness (QED) is 0.810. The molecule has 0 radical (unpaired) electrons. The van der Waals surface area contributed by atoms with E-state index in [4.69, 9.17) is 9.15 Å². The van der Waals surface area contributed by atoms with Gasteiger partial charge in [0.15, 0.2) is 0 Å². The van der Waals surface area contributed by atoms with Crippen LogP contribution in [-0.4, -0.2) is 35.7 Å². The van der Waals surface area contributed by atoms with Crippen LogP contribution in [0.25, 0.3) is 0 Å². The van der Waals surface area contributed by atoms with Gasteiger partial charge in [-0.15, -0.1) is 0 Å². The van der Waals surface area contributed by atoms with Crippen LogP contribution in [-0.2, 0) is 17.0 Å². The first-order valence-corrected chi connectivity index (χ1v) is 7.56. The first kappa shape index (κ1) is 15.8. The highest BCUT2D eigenvalue weighted by Crippen LogP contribution is 2.25. The number of hydrogen-bond acceptors (Lipinski definition) is 5. The van der Waals surface area contributed by atoms with Crippen molar-refractivity contribution in [1.82, 2.24) is 5.32 Å². The molecular formula is C13H19F2NO3S. The topological polar surface area (TPSA) is 54.6 Å². The molecule has 1 aliphatic rings. The summed E-state index contributed by atoms with van der Waals surface area (Å²) < 4.78 is 34.9. The van der Waals surface area contributed by atoms with Gasteiger partial charge < -0.3 is 19.6 Å². The number of thioether (sulfide) groups is 1. The highest BCUT2D eigenvalue weighted by atomic mass is 32.2. The molecule has 0 spiro atoms. The fourth-order valence-electron chi connectivity index (χ4n) is 2.15. The lowest BCUT2D eigenvalue weighted by Crippen LogP contribution is -2.45. The van der Waals surface area contributed by atoms with Crippen molar-refractivity contribution >= 4 is 11.8 Å². The molecule has 2 rings (SSSR count). The van der Waals surface area contributed by atoms with E-state index in [9.17, 15) is 13.9 Å². The number of hydrogen-bond donors (Lipinski definition) is 2. The first-order valence-electron chi connectivity index (χ1n) is 6.52. The number of halogens is 2. The van der Waals surface area contributed by atoms with Crippen molar-refractivity contribution in [3.05, 3.63) is 23.7 Å². The molecule has 114 valence electrons. The summed E-state index contributed by atoms with van der Waals surface area (Å²) in [6.07, 6.45) is 0.417. The summed E-state index contributed by atoms with van der Waals surface area (Å²) in [7, 11) is 0. The van der Waals surface area contributed by atoms with E-state index in [1.54, 1.807) is 12.1 Å². The molecule has 7 heteroatoms. The minimum atomic E-state index is -2.39. The van der Waals surface area contributed by atoms with Crippen LogP contribution >= 0.6 is 11.8 Å². The standard InChI is InChI=1S/C13H19F2NO3S/c1-9-13(17,4-5-18-9)8-16-6-10-2-3-11(19-10)7-20-12(14)15/h2-3,9,12,16-17H,4-8H2,1H3. The van der Waals surface area contributed by atoms with Crippen molar-refractivity contribution < 1.29 is 23.0 Å². The lowest BCUT2D eigenvalue weighted by atomic mass is 9.97. The summed E-state index contributed by atoms with van der Waals surface area (Å²) in [4.78, 5) is 0. The Morgan fingerprint density at radius 3 is 2.90 bits per heavy atom. The molecule has 1 aromatic heterocycles. The molecule has 1 saturated heterocycles. The van der Waals surface area contributed by atoms with Crippen LogP contribution in [0.3, 0.4) is 0 Å². The van der Waals surface area contributed by atoms with E-state index in [0.717, 1.165) is 0 Å². The normalized spacial score (nSPS) is 26.6. The van der Waals surface area contributed by atoms with Gasteiger partial charge in [0.2, 0.25) is 0 Å². The minimum Gasteiger partial charge on any atom is -0.464 e. The Labute approximate surface area is 120 Å². The Kier molecular flexibility index (Phi) is 5.42. The number of furan rings is 1. The first-order chi connectivity index (χ1) is 9.49. The van der Waals surface area contributed by atoms with E-state index in [2.05, 4.69) is 5.32 Å². The van der Waals surface area contributed by atoms with E-state index in [-0.39, 0.29) is 11.9 Å². The SMILES string of the molecule is CC1OCCC1(O)CNCc1ccc(CSC(F)F)o1. The Hall–Kier alpha value is -0.630. The molecule has 20 heavy (non-hydrogen) atoms. The zero-order valence-electron chi connectivity index (χ0n) is 11.3. The smallest absolute Gasteiger partial charge is 0.284 e. The largest absolute Gasteiger partial charge is 0.464 e. The summed E-state index contributed by atoms with van der Waals surface area (Å²) in [6.45, 7) is 3.28. The van der Waals surface area contributed by atoms with Gasteiger partial charge in [-0.2, -0.15) is 8.78 Å². The van der Waals surface area contributed by atoms with Gasteiger partial charge in [0.25, 0.3) is 5.76 Å². The average molecular weight is 307 g/mol. The van der Waals surface area contributed by atoms with Gasteiger partial charge in [-0.05, 0) is 19.1 Å². The molecule has 1 fully saturated rings. The number of alkyl halides is 2. The zero-order chi connectivity index (χ0) is 14.6. The van der Waals surface area contributed by atoms with E-state index in [1.807, 2.05) is 6.92 Å². The average Bonchev–Trinajstić information content (AvgIpc) is 2.96. The van der Waals surface area contributed by atoms with E-state index >= 15 is 0 Å². The van der Waals surface area contributed by atoms with Crippen LogP contribution < -0.4 is 5.32 Å². The van der Waals surface area contributed by atoms with Crippen LogP contribution in [0, 0.1) is 0 Å². The molecule has 0 aromatic carbocycles. The summed E-state index contributed by atoms with van der Waals surface area (Å²) in [5.41, 5.74) is -0.846. The fraction of sp³-hybridized carbons (Fsp3) is 0.692. The molecule has 0 bridgehead atoms. The van der Waals surface area contributed by atoms with Crippen molar-refractivity contribution in [1.29, 1.82) is 0 Å². The molecule has 0 aliphatic carbocycles. The van der Waals surface area contributed by atoms with Gasteiger partial charge in [0.05, 0.1) is 18.4 Å². The highest BCUT2D eigenvalue weighted by molar-refractivity contribution is 7.98. The number of ether oxygens (including phenoxy) is 1. The van der Waals surface area contributed by atoms with Gasteiger partial charge in [-0.1, -0.05) is 11.8 Å². The Morgan fingerprint density at radius 1 is 1.50 bits per heavy atom. The molecule has 4 nitrogen and oxygen atoms in total. The third-order valence-electron chi connectivity index (χ3n) is 3.46. The predicted octanol–water partition coefficient (Wildman–Crippen LogP) is 2.36. The predicted molar refractivity (Wildman–Crippen MR) is 72.7 cm³/mol. The van der Waals surface area contributed by atoms with Gasteiger partial charge in [-0.25, -0.2) is 0 Å².